The lowest BCUT2D eigenvalue weighted by Crippen LogP contribution is -2.41. The molecule has 0 spiro atoms. The summed E-state index contributed by atoms with van der Waals surface area (Å²) < 4.78 is 0. The van der Waals surface area contributed by atoms with Gasteiger partial charge in [0.1, 0.15) is 0 Å². The summed E-state index contributed by atoms with van der Waals surface area (Å²) in [6.45, 7) is 8.93. The summed E-state index contributed by atoms with van der Waals surface area (Å²) in [5.74, 6) is 1.58. The molecule has 7 heteroatoms. The summed E-state index contributed by atoms with van der Waals surface area (Å²) in [7, 11) is 0. The fourth-order valence-electron chi connectivity index (χ4n) is 2.99. The second kappa shape index (κ2) is 10.3. The Kier molecular flexibility index (Phi) is 9.19. The predicted molar refractivity (Wildman–Crippen MR) is 105 cm³/mol. The maximum atomic E-state index is 11.3. The lowest BCUT2D eigenvalue weighted by molar-refractivity contribution is -0.123. The van der Waals surface area contributed by atoms with Gasteiger partial charge < -0.3 is 21.3 Å². The Morgan fingerprint density at radius 2 is 2.17 bits per heavy atom. The van der Waals surface area contributed by atoms with E-state index >= 15 is 0 Å². The van der Waals surface area contributed by atoms with Crippen LogP contribution in [0.4, 0.5) is 0 Å². The molecule has 2 aliphatic rings. The number of amides is 1. The van der Waals surface area contributed by atoms with Gasteiger partial charge >= 0.3 is 0 Å². The van der Waals surface area contributed by atoms with Gasteiger partial charge in [-0.15, -0.1) is 24.0 Å². The van der Waals surface area contributed by atoms with Gasteiger partial charge in [0.2, 0.25) is 5.91 Å². The van der Waals surface area contributed by atoms with Crippen LogP contribution in [-0.2, 0) is 4.79 Å². The summed E-state index contributed by atoms with van der Waals surface area (Å²) in [5.41, 5.74) is 5.42. The van der Waals surface area contributed by atoms with E-state index in [-0.39, 0.29) is 35.8 Å². The van der Waals surface area contributed by atoms with Crippen LogP contribution in [0.15, 0.2) is 4.99 Å². The average Bonchev–Trinajstić information content (AvgIpc) is 3.19. The van der Waals surface area contributed by atoms with E-state index in [2.05, 4.69) is 34.4 Å². The Balaban J connectivity index is 0.00000264. The lowest BCUT2D eigenvalue weighted by atomic mass is 9.97. The molecule has 3 unspecified atom stereocenters. The maximum Gasteiger partial charge on any atom is 0.221 e. The molecule has 1 aliphatic carbocycles. The number of nitrogens with zero attached hydrogens (tertiary/aromatic N) is 2. The Bertz CT molecular complexity index is 404. The molecule has 23 heavy (non-hydrogen) atoms. The molecule has 1 aliphatic heterocycles. The Morgan fingerprint density at radius 1 is 1.43 bits per heavy atom. The normalized spacial score (nSPS) is 27.9. The molecular weight excluding hydrogens is 405 g/mol. The fourth-order valence-corrected chi connectivity index (χ4v) is 2.99. The lowest BCUT2D eigenvalue weighted by Gasteiger charge is -2.30. The minimum atomic E-state index is -0.153. The van der Waals surface area contributed by atoms with E-state index in [0.29, 0.717) is 6.04 Å². The number of aliphatic imine (C=N–C) groups is 1. The van der Waals surface area contributed by atoms with Crippen LogP contribution in [0, 0.1) is 11.8 Å². The quantitative estimate of drug-likeness (QED) is 0.242. The molecule has 4 N–H and O–H groups in total. The number of piperidine rings is 1. The molecule has 1 saturated heterocycles. The highest BCUT2D eigenvalue weighted by Crippen LogP contribution is 2.28. The van der Waals surface area contributed by atoms with Crippen molar-refractivity contribution in [2.45, 2.75) is 45.6 Å². The molecule has 1 saturated carbocycles. The topological polar surface area (TPSA) is 82.8 Å². The molecule has 134 valence electrons. The highest BCUT2D eigenvalue weighted by atomic mass is 127. The van der Waals surface area contributed by atoms with Crippen molar-refractivity contribution in [3.63, 3.8) is 0 Å². The molecule has 2 fully saturated rings. The van der Waals surface area contributed by atoms with Crippen molar-refractivity contribution in [3.05, 3.63) is 0 Å². The van der Waals surface area contributed by atoms with Gasteiger partial charge in [0, 0.05) is 25.7 Å². The van der Waals surface area contributed by atoms with Crippen LogP contribution in [0.3, 0.4) is 0 Å². The van der Waals surface area contributed by atoms with Crippen molar-refractivity contribution < 1.29 is 4.79 Å². The molecule has 3 atom stereocenters. The highest BCUT2D eigenvalue weighted by molar-refractivity contribution is 14.0. The van der Waals surface area contributed by atoms with E-state index in [9.17, 15) is 4.79 Å². The molecule has 0 aromatic carbocycles. The zero-order chi connectivity index (χ0) is 15.9. The number of hydrogen-bond donors (Lipinski definition) is 3. The third kappa shape index (κ3) is 7.24. The molecule has 0 bridgehead atoms. The number of primary amides is 1. The van der Waals surface area contributed by atoms with Gasteiger partial charge in [-0.25, -0.2) is 0 Å². The second-order valence-corrected chi connectivity index (χ2v) is 6.62. The fraction of sp³-hybridized carbons (Fsp3) is 0.875. The van der Waals surface area contributed by atoms with Crippen molar-refractivity contribution >= 4 is 35.8 Å². The van der Waals surface area contributed by atoms with Gasteiger partial charge in [-0.05, 0) is 51.6 Å². The van der Waals surface area contributed by atoms with Gasteiger partial charge in [-0.3, -0.25) is 9.79 Å². The smallest absolute Gasteiger partial charge is 0.221 e. The SMILES string of the molecule is CCNC(=NCCCN1CCCC(C(N)=O)C1)NC1CC1C.I. The molecule has 0 radical (unpaired) electrons. The van der Waals surface area contributed by atoms with Crippen molar-refractivity contribution in [2.24, 2.45) is 22.6 Å². The van der Waals surface area contributed by atoms with E-state index in [1.165, 1.54) is 6.42 Å². The molecule has 1 amide bonds. The molecule has 6 nitrogen and oxygen atoms in total. The zero-order valence-electron chi connectivity index (χ0n) is 14.4. The average molecular weight is 437 g/mol. The van der Waals surface area contributed by atoms with E-state index < -0.39 is 0 Å². The Labute approximate surface area is 157 Å². The van der Waals surface area contributed by atoms with Crippen LogP contribution >= 0.6 is 24.0 Å². The van der Waals surface area contributed by atoms with Crippen LogP contribution < -0.4 is 16.4 Å². The first-order valence-corrected chi connectivity index (χ1v) is 8.66. The van der Waals surface area contributed by atoms with E-state index in [1.807, 2.05) is 0 Å². The van der Waals surface area contributed by atoms with Gasteiger partial charge in [0.05, 0.1) is 5.92 Å². The molecule has 0 aromatic rings. The van der Waals surface area contributed by atoms with Crippen LogP contribution in [-0.4, -0.2) is 55.5 Å². The molecule has 1 heterocycles. The van der Waals surface area contributed by atoms with Gasteiger partial charge in [-0.2, -0.15) is 0 Å². The Morgan fingerprint density at radius 3 is 2.78 bits per heavy atom. The van der Waals surface area contributed by atoms with Gasteiger partial charge in [-0.1, -0.05) is 6.92 Å². The van der Waals surface area contributed by atoms with E-state index in [4.69, 9.17) is 5.73 Å². The standard InChI is InChI=1S/C16H31N5O.HI/c1-3-18-16(20-14-10-12(14)2)19-7-5-9-21-8-4-6-13(11-21)15(17)22;/h12-14H,3-11H2,1-2H3,(H2,17,22)(H2,18,19,20);1H. The van der Waals surface area contributed by atoms with Crippen molar-refractivity contribution in [2.75, 3.05) is 32.7 Å². The summed E-state index contributed by atoms with van der Waals surface area (Å²) in [6, 6.07) is 0.594. The summed E-state index contributed by atoms with van der Waals surface area (Å²) in [4.78, 5) is 18.3. The number of guanidine groups is 1. The molecular formula is C16H32IN5O. The number of likely N-dealkylation sites (tertiary alicyclic amines) is 1. The van der Waals surface area contributed by atoms with Crippen molar-refractivity contribution in [3.8, 4) is 0 Å². The number of halogens is 1. The monoisotopic (exact) mass is 437 g/mol. The highest BCUT2D eigenvalue weighted by Gasteiger charge is 2.33. The van der Waals surface area contributed by atoms with Gasteiger partial charge in [0.25, 0.3) is 0 Å². The minimum Gasteiger partial charge on any atom is -0.369 e. The number of carbonyl (C=O) groups excluding carboxylic acids is 1. The van der Waals surface area contributed by atoms with E-state index in [0.717, 1.165) is 63.9 Å². The third-order valence-corrected chi connectivity index (χ3v) is 4.59. The van der Waals surface area contributed by atoms with Crippen LogP contribution in [0.5, 0.6) is 0 Å². The summed E-state index contributed by atoms with van der Waals surface area (Å²) in [6.07, 6.45) is 4.27. The van der Waals surface area contributed by atoms with Crippen LogP contribution in [0.25, 0.3) is 0 Å². The maximum absolute atomic E-state index is 11.3. The number of nitrogens with two attached hydrogens (primary N) is 1. The number of rotatable bonds is 7. The van der Waals surface area contributed by atoms with Crippen LogP contribution in [0.1, 0.15) is 39.5 Å². The second-order valence-electron chi connectivity index (χ2n) is 6.62. The molecule has 0 aromatic heterocycles. The first-order chi connectivity index (χ1) is 10.6. The van der Waals surface area contributed by atoms with Gasteiger partial charge in [0.15, 0.2) is 5.96 Å². The minimum absolute atomic E-state index is 0. The first-order valence-electron chi connectivity index (χ1n) is 8.66. The zero-order valence-corrected chi connectivity index (χ0v) is 16.7. The summed E-state index contributed by atoms with van der Waals surface area (Å²) in [5, 5.41) is 6.77. The number of carbonyl (C=O) groups is 1. The number of nitrogens with one attached hydrogen (secondary N) is 2. The predicted octanol–water partition coefficient (Wildman–Crippen LogP) is 1.16. The first kappa shape index (κ1) is 20.5. The van der Waals surface area contributed by atoms with E-state index in [1.54, 1.807) is 0 Å². The van der Waals surface area contributed by atoms with Crippen molar-refractivity contribution in [1.82, 2.24) is 15.5 Å². The summed E-state index contributed by atoms with van der Waals surface area (Å²) >= 11 is 0. The third-order valence-electron chi connectivity index (χ3n) is 4.59. The number of hydrogen-bond acceptors (Lipinski definition) is 3. The Hall–Kier alpha value is -0.570. The largest absolute Gasteiger partial charge is 0.369 e. The van der Waals surface area contributed by atoms with Crippen molar-refractivity contribution in [1.29, 1.82) is 0 Å². The molecule has 2 rings (SSSR count). The van der Waals surface area contributed by atoms with Crippen LogP contribution in [0.2, 0.25) is 0 Å².